The molecule has 0 atom stereocenters. The van der Waals surface area contributed by atoms with E-state index in [1.807, 2.05) is 25.1 Å². The summed E-state index contributed by atoms with van der Waals surface area (Å²) in [5.74, 6) is 0.265. The van der Waals surface area contributed by atoms with Gasteiger partial charge in [0.15, 0.2) is 0 Å². The summed E-state index contributed by atoms with van der Waals surface area (Å²) in [4.78, 5) is 0. The molecule has 1 heterocycles. The van der Waals surface area contributed by atoms with Crippen LogP contribution in [0.2, 0.25) is 10.0 Å². The average Bonchev–Trinajstić information content (AvgIpc) is 2.84. The largest absolute Gasteiger partial charge is 0.382 e. The van der Waals surface area contributed by atoms with E-state index in [9.17, 15) is 5.26 Å². The summed E-state index contributed by atoms with van der Waals surface area (Å²) in [6, 6.07) is 14.7. The second-order valence-corrected chi connectivity index (χ2v) is 5.94. The van der Waals surface area contributed by atoms with Crippen molar-refractivity contribution in [3.05, 3.63) is 63.6 Å². The number of aryl methyl sites for hydroxylation is 1. The molecule has 3 rings (SSSR count). The van der Waals surface area contributed by atoms with Crippen molar-refractivity contribution in [1.29, 1.82) is 5.26 Å². The number of rotatable bonds is 2. The van der Waals surface area contributed by atoms with Gasteiger partial charge in [-0.15, -0.1) is 0 Å². The zero-order valence-corrected chi connectivity index (χ0v) is 13.7. The first-order chi connectivity index (χ1) is 11.0. The highest BCUT2D eigenvalue weighted by Crippen LogP contribution is 2.33. The minimum absolute atomic E-state index is 0.265. The molecule has 0 aliphatic rings. The normalized spacial score (nSPS) is 10.5. The summed E-state index contributed by atoms with van der Waals surface area (Å²) in [7, 11) is 0. The topological polar surface area (TPSA) is 67.6 Å². The minimum atomic E-state index is 0.265. The Hall–Kier alpha value is -2.48. The Labute approximate surface area is 143 Å². The Morgan fingerprint density at radius 2 is 1.83 bits per heavy atom. The number of nitriles is 1. The number of hydrogen-bond acceptors (Lipinski definition) is 3. The molecule has 2 aromatic carbocycles. The van der Waals surface area contributed by atoms with Gasteiger partial charge in [0.2, 0.25) is 0 Å². The van der Waals surface area contributed by atoms with Crippen LogP contribution in [0.15, 0.2) is 42.5 Å². The van der Waals surface area contributed by atoms with Crippen molar-refractivity contribution in [3.63, 3.8) is 0 Å². The first-order valence-corrected chi connectivity index (χ1v) is 7.58. The van der Waals surface area contributed by atoms with Crippen LogP contribution in [0.4, 0.5) is 5.82 Å². The molecule has 4 nitrogen and oxygen atoms in total. The monoisotopic (exact) mass is 342 g/mol. The highest BCUT2D eigenvalue weighted by Gasteiger charge is 2.19. The molecule has 0 bridgehead atoms. The third-order valence-corrected chi connectivity index (χ3v) is 4.05. The lowest BCUT2D eigenvalue weighted by molar-refractivity contribution is 0.895. The van der Waals surface area contributed by atoms with Gasteiger partial charge in [0, 0.05) is 10.6 Å². The van der Waals surface area contributed by atoms with Gasteiger partial charge < -0.3 is 5.73 Å². The SMILES string of the molecule is Cc1ccc(-c2nn(-c3ccc(Cl)cc3)c(N)c2C#N)c(Cl)c1. The molecule has 0 unspecified atom stereocenters. The zero-order valence-electron chi connectivity index (χ0n) is 12.2. The van der Waals surface area contributed by atoms with E-state index >= 15 is 0 Å². The molecular formula is C17H12Cl2N4. The maximum Gasteiger partial charge on any atom is 0.145 e. The Balaban J connectivity index is 2.21. The van der Waals surface area contributed by atoms with E-state index in [0.717, 1.165) is 11.3 Å². The van der Waals surface area contributed by atoms with Crippen LogP contribution in [0.25, 0.3) is 16.9 Å². The van der Waals surface area contributed by atoms with E-state index < -0.39 is 0 Å². The molecule has 23 heavy (non-hydrogen) atoms. The van der Waals surface area contributed by atoms with E-state index in [2.05, 4.69) is 11.2 Å². The number of hydrogen-bond donors (Lipinski definition) is 1. The number of anilines is 1. The van der Waals surface area contributed by atoms with Crippen LogP contribution in [-0.4, -0.2) is 9.78 Å². The van der Waals surface area contributed by atoms with Crippen LogP contribution in [0.5, 0.6) is 0 Å². The molecule has 0 saturated heterocycles. The summed E-state index contributed by atoms with van der Waals surface area (Å²) in [5.41, 5.74) is 9.29. The standard InChI is InChI=1S/C17H12Cl2N4/c1-10-2-7-13(15(19)8-10)16-14(9-20)17(21)23(22-16)12-5-3-11(18)4-6-12/h2-8H,21H2,1H3. The van der Waals surface area contributed by atoms with Gasteiger partial charge in [-0.05, 0) is 42.8 Å². The molecule has 0 aliphatic heterocycles. The lowest BCUT2D eigenvalue weighted by Crippen LogP contribution is -2.02. The number of benzene rings is 2. The van der Waals surface area contributed by atoms with Crippen LogP contribution in [0.3, 0.4) is 0 Å². The zero-order chi connectivity index (χ0) is 16.6. The molecule has 2 N–H and O–H groups in total. The highest BCUT2D eigenvalue weighted by atomic mass is 35.5. The van der Waals surface area contributed by atoms with E-state index in [4.69, 9.17) is 28.9 Å². The number of nitrogens with two attached hydrogens (primary N) is 1. The average molecular weight is 343 g/mol. The van der Waals surface area contributed by atoms with E-state index in [1.165, 1.54) is 4.68 Å². The summed E-state index contributed by atoms with van der Waals surface area (Å²) >= 11 is 12.2. The fourth-order valence-electron chi connectivity index (χ4n) is 2.32. The third-order valence-electron chi connectivity index (χ3n) is 3.48. The van der Waals surface area contributed by atoms with Crippen molar-refractivity contribution in [2.45, 2.75) is 6.92 Å². The summed E-state index contributed by atoms with van der Waals surface area (Å²) in [6.07, 6.45) is 0. The lowest BCUT2D eigenvalue weighted by Gasteiger charge is -2.04. The molecule has 0 saturated carbocycles. The van der Waals surface area contributed by atoms with Gasteiger partial charge in [-0.1, -0.05) is 35.3 Å². The van der Waals surface area contributed by atoms with Crippen molar-refractivity contribution in [2.75, 3.05) is 5.73 Å². The quantitative estimate of drug-likeness (QED) is 0.739. The molecule has 114 valence electrons. The maximum absolute atomic E-state index is 9.46. The van der Waals surface area contributed by atoms with Crippen molar-refractivity contribution >= 4 is 29.0 Å². The lowest BCUT2D eigenvalue weighted by atomic mass is 10.1. The second kappa shape index (κ2) is 5.96. The minimum Gasteiger partial charge on any atom is -0.382 e. The molecule has 0 radical (unpaired) electrons. The molecule has 3 aromatic rings. The van der Waals surface area contributed by atoms with Crippen molar-refractivity contribution < 1.29 is 0 Å². The molecule has 0 aliphatic carbocycles. The predicted molar refractivity (Wildman–Crippen MR) is 92.9 cm³/mol. The Kier molecular flexibility index (Phi) is 3.99. The van der Waals surface area contributed by atoms with Gasteiger partial charge in [0.25, 0.3) is 0 Å². The molecule has 1 aromatic heterocycles. The number of nitrogen functional groups attached to an aromatic ring is 1. The summed E-state index contributed by atoms with van der Waals surface area (Å²) in [6.45, 7) is 1.95. The van der Waals surface area contributed by atoms with Gasteiger partial charge in [-0.25, -0.2) is 4.68 Å². The van der Waals surface area contributed by atoms with Crippen molar-refractivity contribution in [1.82, 2.24) is 9.78 Å². The molecule has 0 spiro atoms. The predicted octanol–water partition coefficient (Wildman–Crippen LogP) is 4.61. The smallest absolute Gasteiger partial charge is 0.145 e. The Morgan fingerprint density at radius 1 is 1.13 bits per heavy atom. The molecule has 6 heteroatoms. The highest BCUT2D eigenvalue weighted by molar-refractivity contribution is 6.33. The molecular weight excluding hydrogens is 331 g/mol. The van der Waals surface area contributed by atoms with Crippen LogP contribution < -0.4 is 5.73 Å². The van der Waals surface area contributed by atoms with Gasteiger partial charge in [-0.2, -0.15) is 10.4 Å². The van der Waals surface area contributed by atoms with Crippen LogP contribution in [0.1, 0.15) is 11.1 Å². The van der Waals surface area contributed by atoms with Gasteiger partial charge in [0.1, 0.15) is 23.1 Å². The Bertz CT molecular complexity index is 921. The Morgan fingerprint density at radius 3 is 2.43 bits per heavy atom. The fraction of sp³-hybridized carbons (Fsp3) is 0.0588. The summed E-state index contributed by atoms with van der Waals surface area (Å²) < 4.78 is 1.51. The fourth-order valence-corrected chi connectivity index (χ4v) is 2.77. The van der Waals surface area contributed by atoms with E-state index in [1.54, 1.807) is 24.3 Å². The second-order valence-electron chi connectivity index (χ2n) is 5.09. The first-order valence-electron chi connectivity index (χ1n) is 6.82. The molecule has 0 amide bonds. The maximum atomic E-state index is 9.46. The van der Waals surface area contributed by atoms with Gasteiger partial charge in [0.05, 0.1) is 10.7 Å². The van der Waals surface area contributed by atoms with Crippen LogP contribution in [-0.2, 0) is 0 Å². The summed E-state index contributed by atoms with van der Waals surface area (Å²) in [5, 5.41) is 15.1. The number of nitrogens with zero attached hydrogens (tertiary/aromatic N) is 3. The first kappa shape index (κ1) is 15.4. The van der Waals surface area contributed by atoms with Gasteiger partial charge in [-0.3, -0.25) is 0 Å². The van der Waals surface area contributed by atoms with Gasteiger partial charge >= 0.3 is 0 Å². The number of halogens is 2. The molecule has 0 fully saturated rings. The number of aromatic nitrogens is 2. The van der Waals surface area contributed by atoms with Crippen LogP contribution >= 0.6 is 23.2 Å². The van der Waals surface area contributed by atoms with Crippen LogP contribution in [0, 0.1) is 18.3 Å². The van der Waals surface area contributed by atoms with E-state index in [-0.39, 0.29) is 5.82 Å². The van der Waals surface area contributed by atoms with Crippen molar-refractivity contribution in [2.24, 2.45) is 0 Å². The van der Waals surface area contributed by atoms with E-state index in [0.29, 0.717) is 26.9 Å². The third kappa shape index (κ3) is 2.77. The van der Waals surface area contributed by atoms with Crippen molar-refractivity contribution in [3.8, 4) is 23.0 Å².